The van der Waals surface area contributed by atoms with E-state index in [1.165, 1.54) is 33.6 Å². The summed E-state index contributed by atoms with van der Waals surface area (Å²) in [5.41, 5.74) is 2.06. The van der Waals surface area contributed by atoms with Gasteiger partial charge in [-0.25, -0.2) is 4.98 Å². The Morgan fingerprint density at radius 1 is 1.29 bits per heavy atom. The number of carbonyl (C=O) groups excluding carboxylic acids is 1. The number of rotatable bonds is 4. The van der Waals surface area contributed by atoms with Crippen LogP contribution in [-0.4, -0.2) is 15.5 Å². The van der Waals surface area contributed by atoms with Crippen molar-refractivity contribution in [3.05, 3.63) is 69.6 Å². The molecule has 1 N–H and O–H groups in total. The summed E-state index contributed by atoms with van der Waals surface area (Å²) in [5, 5.41) is 14.5. The molecule has 0 unspecified atom stereocenters. The summed E-state index contributed by atoms with van der Waals surface area (Å²) >= 11 is 2.74. The summed E-state index contributed by atoms with van der Waals surface area (Å²) in [6.45, 7) is 1.74. The molecule has 4 aromatic rings. The molecule has 0 aliphatic rings. The van der Waals surface area contributed by atoms with Gasteiger partial charge in [0.15, 0.2) is 0 Å². The number of hydrogen-bond donors (Lipinski definition) is 1. The fourth-order valence-corrected chi connectivity index (χ4v) is 4.85. The molecule has 8 heteroatoms. The van der Waals surface area contributed by atoms with Crippen molar-refractivity contribution < 1.29 is 4.79 Å². The van der Waals surface area contributed by atoms with E-state index in [0.29, 0.717) is 20.8 Å². The number of benzene rings is 1. The van der Waals surface area contributed by atoms with Gasteiger partial charge in [-0.2, -0.15) is 5.26 Å². The monoisotopic (exact) mass is 406 g/mol. The minimum absolute atomic E-state index is 0.166. The molecule has 1 aromatic carbocycles. The van der Waals surface area contributed by atoms with E-state index < -0.39 is 0 Å². The SMILES string of the molecule is Cc1c(-c2ccccc2)sc2ncn(CC(=O)Nc3sccc3C#N)c(=O)c12. The van der Waals surface area contributed by atoms with Crippen molar-refractivity contribution in [2.24, 2.45) is 0 Å². The number of fused-ring (bicyclic) bond motifs is 1. The van der Waals surface area contributed by atoms with Gasteiger partial charge >= 0.3 is 0 Å². The largest absolute Gasteiger partial charge is 0.315 e. The minimum Gasteiger partial charge on any atom is -0.315 e. The van der Waals surface area contributed by atoms with Gasteiger partial charge in [-0.3, -0.25) is 14.2 Å². The molecule has 0 spiro atoms. The lowest BCUT2D eigenvalue weighted by Gasteiger charge is -2.06. The van der Waals surface area contributed by atoms with Gasteiger partial charge in [0.1, 0.15) is 22.4 Å². The van der Waals surface area contributed by atoms with Gasteiger partial charge < -0.3 is 5.32 Å². The summed E-state index contributed by atoms with van der Waals surface area (Å²) in [4.78, 5) is 31.3. The molecule has 28 heavy (non-hydrogen) atoms. The molecule has 0 bridgehead atoms. The number of nitrogens with zero attached hydrogens (tertiary/aromatic N) is 3. The highest BCUT2D eigenvalue weighted by Crippen LogP contribution is 2.35. The van der Waals surface area contributed by atoms with Crippen LogP contribution in [-0.2, 0) is 11.3 Å². The van der Waals surface area contributed by atoms with Crippen LogP contribution in [0.5, 0.6) is 0 Å². The molecule has 0 fully saturated rings. The van der Waals surface area contributed by atoms with Crippen LogP contribution in [0.1, 0.15) is 11.1 Å². The Labute approximate surface area is 168 Å². The van der Waals surface area contributed by atoms with Crippen LogP contribution in [0.4, 0.5) is 5.00 Å². The number of hydrogen-bond acceptors (Lipinski definition) is 6. The first-order valence-electron chi connectivity index (χ1n) is 8.40. The molecule has 3 heterocycles. The van der Waals surface area contributed by atoms with Crippen molar-refractivity contribution in [1.82, 2.24) is 9.55 Å². The second kappa shape index (κ2) is 7.38. The zero-order valence-electron chi connectivity index (χ0n) is 14.8. The standard InChI is InChI=1S/C20H14N4O2S2/c1-12-16-19(28-17(12)13-5-3-2-4-6-13)22-11-24(20(16)26)10-15(25)23-18-14(9-21)7-8-27-18/h2-8,11H,10H2,1H3,(H,23,25). The second-order valence-corrected chi connectivity index (χ2v) is 8.02. The average molecular weight is 406 g/mol. The summed E-state index contributed by atoms with van der Waals surface area (Å²) in [7, 11) is 0. The van der Waals surface area contributed by atoms with Gasteiger partial charge in [-0.05, 0) is 29.5 Å². The first-order chi connectivity index (χ1) is 13.6. The molecule has 0 aliphatic heterocycles. The van der Waals surface area contributed by atoms with Crippen molar-refractivity contribution in [2.45, 2.75) is 13.5 Å². The Balaban J connectivity index is 1.67. The Morgan fingerprint density at radius 2 is 2.07 bits per heavy atom. The quantitative estimate of drug-likeness (QED) is 0.555. The molecule has 0 aliphatic carbocycles. The van der Waals surface area contributed by atoms with Crippen LogP contribution >= 0.6 is 22.7 Å². The van der Waals surface area contributed by atoms with Crippen LogP contribution < -0.4 is 10.9 Å². The highest BCUT2D eigenvalue weighted by Gasteiger charge is 2.17. The molecular formula is C20H14N4O2S2. The molecule has 3 aromatic heterocycles. The highest BCUT2D eigenvalue weighted by molar-refractivity contribution is 7.22. The third-order valence-electron chi connectivity index (χ3n) is 4.31. The molecule has 0 saturated heterocycles. The van der Waals surface area contributed by atoms with E-state index in [1.807, 2.05) is 43.3 Å². The maximum Gasteiger partial charge on any atom is 0.262 e. The van der Waals surface area contributed by atoms with Crippen molar-refractivity contribution in [2.75, 3.05) is 5.32 Å². The maximum atomic E-state index is 13.0. The van der Waals surface area contributed by atoms with Crippen LogP contribution in [0.2, 0.25) is 0 Å². The number of thiophene rings is 2. The lowest BCUT2D eigenvalue weighted by Crippen LogP contribution is -2.27. The molecule has 4 rings (SSSR count). The van der Waals surface area contributed by atoms with E-state index in [0.717, 1.165) is 16.0 Å². The number of nitriles is 1. The molecule has 0 atom stereocenters. The molecule has 6 nitrogen and oxygen atoms in total. The van der Waals surface area contributed by atoms with Gasteiger partial charge in [-0.15, -0.1) is 22.7 Å². The molecular weight excluding hydrogens is 392 g/mol. The number of carbonyl (C=O) groups is 1. The number of anilines is 1. The van der Waals surface area contributed by atoms with Gasteiger partial charge in [0, 0.05) is 4.88 Å². The minimum atomic E-state index is -0.377. The van der Waals surface area contributed by atoms with E-state index in [4.69, 9.17) is 5.26 Å². The predicted octanol–water partition coefficient (Wildman–Crippen LogP) is 4.01. The van der Waals surface area contributed by atoms with Crippen molar-refractivity contribution in [1.29, 1.82) is 5.26 Å². The number of nitrogens with one attached hydrogen (secondary N) is 1. The summed E-state index contributed by atoms with van der Waals surface area (Å²) in [5.74, 6) is -0.377. The Hall–Kier alpha value is -3.28. The first-order valence-corrected chi connectivity index (χ1v) is 10.1. The molecule has 0 saturated carbocycles. The number of amides is 1. The van der Waals surface area contributed by atoms with Crippen LogP contribution in [0, 0.1) is 18.3 Å². The molecule has 0 radical (unpaired) electrons. The Bertz CT molecular complexity index is 1280. The highest BCUT2D eigenvalue weighted by atomic mass is 32.1. The Kier molecular flexibility index (Phi) is 4.77. The summed E-state index contributed by atoms with van der Waals surface area (Å²) < 4.78 is 1.30. The van der Waals surface area contributed by atoms with Crippen molar-refractivity contribution in [3.8, 4) is 16.5 Å². The number of aryl methyl sites for hydroxylation is 1. The van der Waals surface area contributed by atoms with E-state index in [-0.39, 0.29) is 18.0 Å². The van der Waals surface area contributed by atoms with E-state index in [1.54, 1.807) is 11.4 Å². The zero-order chi connectivity index (χ0) is 19.7. The van der Waals surface area contributed by atoms with Gasteiger partial charge in [0.2, 0.25) is 5.91 Å². The first kappa shape index (κ1) is 18.1. The fourth-order valence-electron chi connectivity index (χ4n) is 2.95. The van der Waals surface area contributed by atoms with Crippen molar-refractivity contribution in [3.63, 3.8) is 0 Å². The van der Waals surface area contributed by atoms with E-state index in [9.17, 15) is 9.59 Å². The van der Waals surface area contributed by atoms with Crippen LogP contribution in [0.3, 0.4) is 0 Å². The van der Waals surface area contributed by atoms with Gasteiger partial charge in [0.25, 0.3) is 5.56 Å². The van der Waals surface area contributed by atoms with Gasteiger partial charge in [0.05, 0.1) is 17.3 Å². The lowest BCUT2D eigenvalue weighted by atomic mass is 10.1. The molecule has 1 amide bonds. The van der Waals surface area contributed by atoms with Crippen LogP contribution in [0.25, 0.3) is 20.7 Å². The predicted molar refractivity (Wildman–Crippen MR) is 112 cm³/mol. The molecule has 138 valence electrons. The third-order valence-corrected chi connectivity index (χ3v) is 6.38. The maximum absolute atomic E-state index is 13.0. The zero-order valence-corrected chi connectivity index (χ0v) is 16.4. The topological polar surface area (TPSA) is 87.8 Å². The van der Waals surface area contributed by atoms with Crippen LogP contribution in [0.15, 0.2) is 52.9 Å². The number of aromatic nitrogens is 2. The van der Waals surface area contributed by atoms with Crippen molar-refractivity contribution >= 4 is 43.8 Å². The third kappa shape index (κ3) is 3.22. The fraction of sp³-hybridized carbons (Fsp3) is 0.100. The smallest absolute Gasteiger partial charge is 0.262 e. The normalized spacial score (nSPS) is 10.7. The van der Waals surface area contributed by atoms with E-state index >= 15 is 0 Å². The summed E-state index contributed by atoms with van der Waals surface area (Å²) in [6.07, 6.45) is 1.40. The van der Waals surface area contributed by atoms with E-state index in [2.05, 4.69) is 10.3 Å². The Morgan fingerprint density at radius 3 is 2.82 bits per heavy atom. The average Bonchev–Trinajstić information content (AvgIpc) is 3.29. The lowest BCUT2D eigenvalue weighted by molar-refractivity contribution is -0.116. The second-order valence-electron chi connectivity index (χ2n) is 6.10. The van der Waals surface area contributed by atoms with Gasteiger partial charge in [-0.1, -0.05) is 30.3 Å². The summed E-state index contributed by atoms with van der Waals surface area (Å²) in [6, 6.07) is 13.5.